The number of benzene rings is 1. The van der Waals surface area contributed by atoms with Gasteiger partial charge in [0.05, 0.1) is 26.7 Å². The highest BCUT2D eigenvalue weighted by molar-refractivity contribution is 5.71. The Morgan fingerprint density at radius 1 is 1.29 bits per heavy atom. The highest BCUT2D eigenvalue weighted by Gasteiger charge is 2.33. The molecule has 0 bridgehead atoms. The predicted molar refractivity (Wildman–Crippen MR) is 76.7 cm³/mol. The van der Waals surface area contributed by atoms with Gasteiger partial charge in [-0.15, -0.1) is 0 Å². The van der Waals surface area contributed by atoms with Crippen LogP contribution >= 0.6 is 0 Å². The van der Waals surface area contributed by atoms with Gasteiger partial charge < -0.3 is 24.6 Å². The first-order valence-corrected chi connectivity index (χ1v) is 6.81. The molecule has 0 amide bonds. The highest BCUT2D eigenvalue weighted by Crippen LogP contribution is 2.39. The molecule has 116 valence electrons. The SMILES string of the molecule is COCc1c(OC)ccc(OC)c1C1CC(C(=O)O)CN1. The molecule has 1 fully saturated rings. The number of ether oxygens (including phenoxy) is 3. The zero-order chi connectivity index (χ0) is 15.4. The molecule has 2 atom stereocenters. The van der Waals surface area contributed by atoms with E-state index in [4.69, 9.17) is 19.3 Å². The quantitative estimate of drug-likeness (QED) is 0.830. The number of rotatable bonds is 6. The van der Waals surface area contributed by atoms with E-state index in [0.29, 0.717) is 31.1 Å². The lowest BCUT2D eigenvalue weighted by Crippen LogP contribution is -2.18. The van der Waals surface area contributed by atoms with Crippen molar-refractivity contribution < 1.29 is 24.1 Å². The third-order valence-electron chi connectivity index (χ3n) is 3.83. The number of nitrogens with one attached hydrogen (secondary N) is 1. The van der Waals surface area contributed by atoms with Gasteiger partial charge in [0.2, 0.25) is 0 Å². The molecule has 6 heteroatoms. The summed E-state index contributed by atoms with van der Waals surface area (Å²) < 4.78 is 16.1. The Bertz CT molecular complexity index is 517. The predicted octanol–water partition coefficient (Wildman–Crippen LogP) is 1.59. The first kappa shape index (κ1) is 15.6. The van der Waals surface area contributed by atoms with Gasteiger partial charge in [-0.2, -0.15) is 0 Å². The molecule has 2 N–H and O–H groups in total. The van der Waals surface area contributed by atoms with Crippen molar-refractivity contribution in [1.29, 1.82) is 0 Å². The molecule has 1 aromatic rings. The van der Waals surface area contributed by atoms with Crippen LogP contribution in [0.25, 0.3) is 0 Å². The second-order valence-corrected chi connectivity index (χ2v) is 5.03. The number of carboxylic acids is 1. The van der Waals surface area contributed by atoms with E-state index in [1.54, 1.807) is 21.3 Å². The van der Waals surface area contributed by atoms with Gasteiger partial charge in [0.25, 0.3) is 0 Å². The van der Waals surface area contributed by atoms with Crippen molar-refractivity contribution in [3.05, 3.63) is 23.3 Å². The third kappa shape index (κ3) is 3.11. The molecule has 0 aromatic heterocycles. The van der Waals surface area contributed by atoms with Crippen LogP contribution < -0.4 is 14.8 Å². The first-order chi connectivity index (χ1) is 10.1. The van der Waals surface area contributed by atoms with Gasteiger partial charge in [0.1, 0.15) is 11.5 Å². The van der Waals surface area contributed by atoms with Crippen molar-refractivity contribution in [3.63, 3.8) is 0 Å². The molecule has 0 saturated carbocycles. The van der Waals surface area contributed by atoms with E-state index in [-0.39, 0.29) is 12.0 Å². The van der Waals surface area contributed by atoms with Crippen LogP contribution in [0.5, 0.6) is 11.5 Å². The molecule has 1 saturated heterocycles. The van der Waals surface area contributed by atoms with Crippen molar-refractivity contribution in [2.24, 2.45) is 5.92 Å². The average Bonchev–Trinajstić information content (AvgIpc) is 2.96. The monoisotopic (exact) mass is 295 g/mol. The molecular weight excluding hydrogens is 274 g/mol. The van der Waals surface area contributed by atoms with Crippen molar-refractivity contribution >= 4 is 5.97 Å². The minimum Gasteiger partial charge on any atom is -0.496 e. The van der Waals surface area contributed by atoms with Crippen molar-refractivity contribution in [2.75, 3.05) is 27.9 Å². The number of methoxy groups -OCH3 is 3. The minimum absolute atomic E-state index is 0.0821. The lowest BCUT2D eigenvalue weighted by molar-refractivity contribution is -0.141. The van der Waals surface area contributed by atoms with Crippen LogP contribution in [0.3, 0.4) is 0 Å². The fraction of sp³-hybridized carbons (Fsp3) is 0.533. The molecule has 2 rings (SSSR count). The minimum atomic E-state index is -0.778. The molecule has 1 aromatic carbocycles. The number of carboxylic acid groups (broad SMARTS) is 1. The number of hydrogen-bond donors (Lipinski definition) is 2. The Kier molecular flexibility index (Phi) is 5.03. The number of carbonyl (C=O) groups is 1. The lowest BCUT2D eigenvalue weighted by atomic mass is 9.94. The van der Waals surface area contributed by atoms with Gasteiger partial charge in [-0.3, -0.25) is 4.79 Å². The summed E-state index contributed by atoms with van der Waals surface area (Å²) in [6.07, 6.45) is 0.523. The smallest absolute Gasteiger partial charge is 0.307 e. The Morgan fingerprint density at radius 3 is 2.48 bits per heavy atom. The summed E-state index contributed by atoms with van der Waals surface area (Å²) in [6.45, 7) is 0.832. The van der Waals surface area contributed by atoms with Gasteiger partial charge >= 0.3 is 5.97 Å². The summed E-state index contributed by atoms with van der Waals surface area (Å²) in [6, 6.07) is 3.59. The molecule has 1 aliphatic rings. The first-order valence-electron chi connectivity index (χ1n) is 6.81. The van der Waals surface area contributed by atoms with E-state index in [1.165, 1.54) is 0 Å². The van der Waals surface area contributed by atoms with Gasteiger partial charge in [0, 0.05) is 30.8 Å². The topological polar surface area (TPSA) is 77.0 Å². The second-order valence-electron chi connectivity index (χ2n) is 5.03. The van der Waals surface area contributed by atoms with Crippen LogP contribution in [-0.4, -0.2) is 38.9 Å². The number of hydrogen-bond acceptors (Lipinski definition) is 5. The molecular formula is C15H21NO5. The summed E-state index contributed by atoms with van der Waals surface area (Å²) in [5.74, 6) is 0.265. The third-order valence-corrected chi connectivity index (χ3v) is 3.83. The Labute approximate surface area is 124 Å². The molecule has 2 unspecified atom stereocenters. The maximum Gasteiger partial charge on any atom is 0.307 e. The van der Waals surface area contributed by atoms with E-state index < -0.39 is 5.97 Å². The van der Waals surface area contributed by atoms with Crippen LogP contribution in [-0.2, 0) is 16.1 Å². The molecule has 0 radical (unpaired) electrons. The van der Waals surface area contributed by atoms with Crippen molar-refractivity contribution in [1.82, 2.24) is 5.32 Å². The van der Waals surface area contributed by atoms with Gasteiger partial charge in [-0.05, 0) is 18.6 Å². The molecule has 1 heterocycles. The summed E-state index contributed by atoms with van der Waals surface area (Å²) in [5, 5.41) is 12.4. The van der Waals surface area contributed by atoms with Crippen molar-refractivity contribution in [3.8, 4) is 11.5 Å². The summed E-state index contributed by atoms with van der Waals surface area (Å²) in [7, 11) is 4.82. The normalized spacial score (nSPS) is 21.3. The van der Waals surface area contributed by atoms with Gasteiger partial charge in [-0.25, -0.2) is 0 Å². The van der Waals surface area contributed by atoms with Gasteiger partial charge in [0.15, 0.2) is 0 Å². The van der Waals surface area contributed by atoms with E-state index >= 15 is 0 Å². The largest absolute Gasteiger partial charge is 0.496 e. The second kappa shape index (κ2) is 6.78. The van der Waals surface area contributed by atoms with Crippen LogP contribution in [0.15, 0.2) is 12.1 Å². The number of aliphatic carboxylic acids is 1. The van der Waals surface area contributed by atoms with E-state index in [1.807, 2.05) is 12.1 Å². The van der Waals surface area contributed by atoms with E-state index in [2.05, 4.69) is 5.32 Å². The molecule has 0 spiro atoms. The van der Waals surface area contributed by atoms with Crippen LogP contribution in [0.2, 0.25) is 0 Å². The van der Waals surface area contributed by atoms with Crippen LogP contribution in [0.1, 0.15) is 23.6 Å². The van der Waals surface area contributed by atoms with E-state index in [9.17, 15) is 4.79 Å². The standard InChI is InChI=1S/C15H21NO5/c1-19-8-10-12(20-2)4-5-13(21-3)14(10)11-6-9(7-16-11)15(17)18/h4-5,9,11,16H,6-8H2,1-3H3,(H,17,18). The summed E-state index contributed by atoms with van der Waals surface area (Å²) >= 11 is 0. The maximum atomic E-state index is 11.1. The van der Waals surface area contributed by atoms with Crippen LogP contribution in [0.4, 0.5) is 0 Å². The van der Waals surface area contributed by atoms with E-state index in [0.717, 1.165) is 11.1 Å². The lowest BCUT2D eigenvalue weighted by Gasteiger charge is -2.21. The Morgan fingerprint density at radius 2 is 1.95 bits per heavy atom. The Hall–Kier alpha value is -1.79. The molecule has 6 nitrogen and oxygen atoms in total. The zero-order valence-electron chi connectivity index (χ0n) is 12.5. The fourth-order valence-electron chi connectivity index (χ4n) is 2.81. The zero-order valence-corrected chi connectivity index (χ0v) is 12.5. The molecule has 21 heavy (non-hydrogen) atoms. The van der Waals surface area contributed by atoms with Crippen LogP contribution in [0, 0.1) is 5.92 Å². The maximum absolute atomic E-state index is 11.1. The van der Waals surface area contributed by atoms with Crippen molar-refractivity contribution in [2.45, 2.75) is 19.1 Å². The average molecular weight is 295 g/mol. The molecule has 0 aliphatic carbocycles. The summed E-state index contributed by atoms with van der Waals surface area (Å²) in [5.41, 5.74) is 1.81. The molecule has 1 aliphatic heterocycles. The van der Waals surface area contributed by atoms with Gasteiger partial charge in [-0.1, -0.05) is 0 Å². The Balaban J connectivity index is 2.42. The highest BCUT2D eigenvalue weighted by atomic mass is 16.5. The summed E-state index contributed by atoms with van der Waals surface area (Å²) in [4.78, 5) is 11.1. The fourth-order valence-corrected chi connectivity index (χ4v) is 2.81.